The summed E-state index contributed by atoms with van der Waals surface area (Å²) in [6.07, 6.45) is 1.77. The lowest BCUT2D eigenvalue weighted by atomic mass is 10.2. The van der Waals surface area contributed by atoms with Gasteiger partial charge in [-0.25, -0.2) is 17.9 Å². The molecule has 10 heteroatoms. The van der Waals surface area contributed by atoms with Crippen LogP contribution < -0.4 is 4.74 Å². The van der Waals surface area contributed by atoms with Crippen molar-refractivity contribution in [2.75, 3.05) is 20.2 Å². The lowest BCUT2D eigenvalue weighted by Crippen LogP contribution is -2.50. The Kier molecular flexibility index (Phi) is 5.51. The maximum atomic E-state index is 12.8. The van der Waals surface area contributed by atoms with Crippen molar-refractivity contribution >= 4 is 16.0 Å². The number of benzene rings is 2. The monoisotopic (exact) mass is 428 g/mol. The highest BCUT2D eigenvalue weighted by Crippen LogP contribution is 2.28. The van der Waals surface area contributed by atoms with Gasteiger partial charge in [0.1, 0.15) is 18.1 Å². The molecule has 30 heavy (non-hydrogen) atoms. The van der Waals surface area contributed by atoms with Gasteiger partial charge in [0.25, 0.3) is 0 Å². The van der Waals surface area contributed by atoms with Gasteiger partial charge in [0, 0.05) is 13.1 Å². The van der Waals surface area contributed by atoms with Crippen LogP contribution in [-0.4, -0.2) is 53.9 Å². The summed E-state index contributed by atoms with van der Waals surface area (Å²) in [5, 5.41) is 8.18. The molecule has 1 aliphatic heterocycles. The minimum atomic E-state index is -3.64. The molecule has 0 radical (unpaired) electrons. The minimum Gasteiger partial charge on any atom is -0.487 e. The number of rotatable bonds is 7. The van der Waals surface area contributed by atoms with E-state index >= 15 is 0 Å². The van der Waals surface area contributed by atoms with Crippen LogP contribution in [-0.2, 0) is 21.4 Å². The maximum absolute atomic E-state index is 12.8. The van der Waals surface area contributed by atoms with Crippen LogP contribution in [0.2, 0.25) is 0 Å². The Labute approximate surface area is 173 Å². The van der Waals surface area contributed by atoms with Crippen molar-refractivity contribution in [2.45, 2.75) is 17.5 Å². The predicted molar refractivity (Wildman–Crippen MR) is 106 cm³/mol. The average molecular weight is 428 g/mol. The fourth-order valence-electron chi connectivity index (χ4n) is 3.04. The Bertz CT molecular complexity index is 1120. The normalized spacial score (nSPS) is 14.8. The zero-order chi connectivity index (χ0) is 21.1. The van der Waals surface area contributed by atoms with E-state index in [0.717, 1.165) is 5.75 Å². The fourth-order valence-corrected chi connectivity index (χ4v) is 4.56. The van der Waals surface area contributed by atoms with Crippen molar-refractivity contribution in [1.82, 2.24) is 19.3 Å². The van der Waals surface area contributed by atoms with Crippen LogP contribution in [0.5, 0.6) is 5.75 Å². The van der Waals surface area contributed by atoms with Gasteiger partial charge in [-0.3, -0.25) is 0 Å². The Morgan fingerprint density at radius 1 is 1.10 bits per heavy atom. The molecule has 9 nitrogen and oxygen atoms in total. The molecule has 0 saturated carbocycles. The van der Waals surface area contributed by atoms with Gasteiger partial charge in [-0.15, -0.1) is 5.10 Å². The first-order valence-corrected chi connectivity index (χ1v) is 10.7. The first-order chi connectivity index (χ1) is 14.5. The number of hydrogen-bond acceptors (Lipinski definition) is 7. The molecule has 1 fully saturated rings. The second-order valence-corrected chi connectivity index (χ2v) is 8.72. The summed E-state index contributed by atoms with van der Waals surface area (Å²) in [6, 6.07) is 15.0. The topological polar surface area (TPSA) is 104 Å². The molecule has 1 saturated heterocycles. The lowest BCUT2D eigenvalue weighted by Gasteiger charge is -2.37. The van der Waals surface area contributed by atoms with E-state index in [1.165, 1.54) is 35.7 Å². The molecular weight excluding hydrogens is 408 g/mol. The molecule has 0 unspecified atom stereocenters. The maximum Gasteiger partial charge on any atom is 0.337 e. The number of para-hydroxylation sites is 1. The van der Waals surface area contributed by atoms with Crippen LogP contribution in [0.1, 0.15) is 22.1 Å². The number of sulfonamides is 1. The van der Waals surface area contributed by atoms with Gasteiger partial charge in [0.2, 0.25) is 10.0 Å². The van der Waals surface area contributed by atoms with Crippen LogP contribution in [0.3, 0.4) is 0 Å². The molecule has 3 aromatic rings. The van der Waals surface area contributed by atoms with Gasteiger partial charge in [-0.1, -0.05) is 23.4 Å². The van der Waals surface area contributed by atoms with Gasteiger partial charge in [0.05, 0.1) is 29.8 Å². The zero-order valence-corrected chi connectivity index (χ0v) is 17.0. The molecule has 2 aromatic carbocycles. The van der Waals surface area contributed by atoms with Crippen molar-refractivity contribution in [3.63, 3.8) is 0 Å². The van der Waals surface area contributed by atoms with Gasteiger partial charge < -0.3 is 9.47 Å². The van der Waals surface area contributed by atoms with Crippen LogP contribution in [0.15, 0.2) is 65.7 Å². The molecular formula is C20H20N4O5S. The predicted octanol–water partition coefficient (Wildman–Crippen LogP) is 1.89. The van der Waals surface area contributed by atoms with Crippen molar-refractivity contribution in [3.8, 4) is 5.75 Å². The summed E-state index contributed by atoms with van der Waals surface area (Å²) in [5.74, 6) is 0.229. The molecule has 1 aromatic heterocycles. The Morgan fingerprint density at radius 2 is 1.80 bits per heavy atom. The number of methoxy groups -OCH3 is 1. The number of carbonyl (C=O) groups is 1. The fraction of sp³-hybridized carbons (Fsp3) is 0.250. The van der Waals surface area contributed by atoms with Gasteiger partial charge in [-0.2, -0.15) is 4.31 Å². The molecule has 2 heterocycles. The summed E-state index contributed by atoms with van der Waals surface area (Å²) < 4.78 is 38.8. The first kappa shape index (κ1) is 20.0. The third-order valence-corrected chi connectivity index (χ3v) is 6.65. The van der Waals surface area contributed by atoms with Crippen LogP contribution in [0.4, 0.5) is 0 Å². The van der Waals surface area contributed by atoms with E-state index in [1.807, 2.05) is 30.3 Å². The highest BCUT2D eigenvalue weighted by Gasteiger charge is 2.38. The van der Waals surface area contributed by atoms with E-state index in [-0.39, 0.29) is 17.5 Å². The molecule has 0 bridgehead atoms. The van der Waals surface area contributed by atoms with E-state index in [4.69, 9.17) is 4.74 Å². The highest BCUT2D eigenvalue weighted by molar-refractivity contribution is 7.89. The van der Waals surface area contributed by atoms with Gasteiger partial charge in [-0.05, 0) is 36.4 Å². The molecule has 0 spiro atoms. The second-order valence-electron chi connectivity index (χ2n) is 6.78. The molecule has 0 N–H and O–H groups in total. The second kappa shape index (κ2) is 8.25. The van der Waals surface area contributed by atoms with E-state index in [2.05, 4.69) is 15.0 Å². The van der Waals surface area contributed by atoms with E-state index < -0.39 is 16.0 Å². The largest absolute Gasteiger partial charge is 0.487 e. The van der Waals surface area contributed by atoms with Crippen molar-refractivity contribution in [1.29, 1.82) is 0 Å². The smallest absolute Gasteiger partial charge is 0.337 e. The third kappa shape index (κ3) is 4.05. The van der Waals surface area contributed by atoms with Crippen LogP contribution in [0.25, 0.3) is 0 Å². The Hall–Kier alpha value is -3.24. The number of aromatic nitrogens is 3. The Balaban J connectivity index is 1.35. The molecule has 1 aliphatic rings. The van der Waals surface area contributed by atoms with Gasteiger partial charge >= 0.3 is 5.97 Å². The van der Waals surface area contributed by atoms with Crippen molar-refractivity contribution in [2.24, 2.45) is 0 Å². The molecule has 0 atom stereocenters. The summed E-state index contributed by atoms with van der Waals surface area (Å²) in [6.45, 7) is 0.873. The Morgan fingerprint density at radius 3 is 2.47 bits per heavy atom. The van der Waals surface area contributed by atoms with Crippen molar-refractivity contribution < 1.29 is 22.7 Å². The number of esters is 1. The van der Waals surface area contributed by atoms with E-state index in [0.29, 0.717) is 24.3 Å². The molecule has 0 aliphatic carbocycles. The standard InChI is InChI=1S/C20H20N4O5S/c1-28-20(25)15-7-9-19(10-8-15)30(26,27)23-12-17(13-23)24-11-16(21-22-24)14-29-18-5-3-2-4-6-18/h2-11,17H,12-14H2,1H3. The number of nitrogens with zero attached hydrogens (tertiary/aromatic N) is 4. The highest BCUT2D eigenvalue weighted by atomic mass is 32.2. The zero-order valence-electron chi connectivity index (χ0n) is 16.2. The quantitative estimate of drug-likeness (QED) is 0.529. The summed E-state index contributed by atoms with van der Waals surface area (Å²) in [4.78, 5) is 11.6. The molecule has 156 valence electrons. The summed E-state index contributed by atoms with van der Waals surface area (Å²) >= 11 is 0. The summed E-state index contributed by atoms with van der Waals surface area (Å²) in [7, 11) is -2.36. The van der Waals surface area contributed by atoms with Crippen molar-refractivity contribution in [3.05, 3.63) is 72.1 Å². The van der Waals surface area contributed by atoms with E-state index in [1.54, 1.807) is 10.9 Å². The molecule has 4 rings (SSSR count). The van der Waals surface area contributed by atoms with Crippen LogP contribution in [0, 0.1) is 0 Å². The number of hydrogen-bond donors (Lipinski definition) is 0. The van der Waals surface area contributed by atoms with Gasteiger partial charge in [0.15, 0.2) is 0 Å². The summed E-state index contributed by atoms with van der Waals surface area (Å²) in [5.41, 5.74) is 0.962. The SMILES string of the molecule is COC(=O)c1ccc(S(=O)(=O)N2CC(n3cc(COc4ccccc4)nn3)C2)cc1. The van der Waals surface area contributed by atoms with Crippen LogP contribution >= 0.6 is 0 Å². The first-order valence-electron chi connectivity index (χ1n) is 9.24. The van der Waals surface area contributed by atoms with E-state index in [9.17, 15) is 13.2 Å². The number of ether oxygens (including phenoxy) is 2. The average Bonchev–Trinajstić information content (AvgIpc) is 3.19. The minimum absolute atomic E-state index is 0.0907. The lowest BCUT2D eigenvalue weighted by molar-refractivity contribution is 0.0600. The number of carbonyl (C=O) groups excluding carboxylic acids is 1. The molecule has 0 amide bonds. The third-order valence-electron chi connectivity index (χ3n) is 4.80.